The minimum atomic E-state index is -1.18. The van der Waals surface area contributed by atoms with Gasteiger partial charge in [-0.15, -0.1) is 0 Å². The van der Waals surface area contributed by atoms with Crippen LogP contribution in [-0.2, 0) is 25.6 Å². The van der Waals surface area contributed by atoms with E-state index in [1.54, 1.807) is 0 Å². The van der Waals surface area contributed by atoms with Crippen molar-refractivity contribution in [2.75, 3.05) is 20.8 Å². The standard InChI is InChI=1S/C15H22O6/c1-18-9-11-12(16)13(19-2)14(15(17)21-11)20-8-10-6-4-3-5-7-10/h3-7,11-17H,8-9H2,1-2H3/t11-,12-,13+,14-,15+/m1/s1. The van der Waals surface area contributed by atoms with Crippen LogP contribution in [-0.4, -0.2) is 61.7 Å². The highest BCUT2D eigenvalue weighted by molar-refractivity contribution is 5.13. The van der Waals surface area contributed by atoms with Crippen molar-refractivity contribution in [2.45, 2.75) is 37.3 Å². The molecule has 1 heterocycles. The van der Waals surface area contributed by atoms with Crippen molar-refractivity contribution in [2.24, 2.45) is 0 Å². The fourth-order valence-electron chi connectivity index (χ4n) is 2.42. The van der Waals surface area contributed by atoms with Gasteiger partial charge < -0.3 is 29.2 Å². The van der Waals surface area contributed by atoms with Crippen LogP contribution in [0.4, 0.5) is 0 Å². The average molecular weight is 298 g/mol. The number of aliphatic hydroxyl groups is 2. The first-order valence-electron chi connectivity index (χ1n) is 6.86. The van der Waals surface area contributed by atoms with Crippen LogP contribution in [0.5, 0.6) is 0 Å². The minimum absolute atomic E-state index is 0.170. The molecule has 0 spiro atoms. The molecule has 21 heavy (non-hydrogen) atoms. The van der Waals surface area contributed by atoms with E-state index < -0.39 is 30.7 Å². The first kappa shape index (κ1) is 16.4. The number of hydrogen-bond acceptors (Lipinski definition) is 6. The second kappa shape index (κ2) is 7.84. The van der Waals surface area contributed by atoms with E-state index in [2.05, 4.69) is 0 Å². The summed E-state index contributed by atoms with van der Waals surface area (Å²) >= 11 is 0. The third kappa shape index (κ3) is 4.00. The van der Waals surface area contributed by atoms with Gasteiger partial charge in [0.1, 0.15) is 24.4 Å². The van der Waals surface area contributed by atoms with Gasteiger partial charge in [-0.3, -0.25) is 0 Å². The molecule has 0 amide bonds. The lowest BCUT2D eigenvalue weighted by Crippen LogP contribution is -2.60. The Morgan fingerprint density at radius 2 is 1.81 bits per heavy atom. The van der Waals surface area contributed by atoms with E-state index in [4.69, 9.17) is 18.9 Å². The molecule has 0 aliphatic carbocycles. The topological polar surface area (TPSA) is 77.4 Å². The third-order valence-corrected chi connectivity index (χ3v) is 3.52. The van der Waals surface area contributed by atoms with Gasteiger partial charge in [0.05, 0.1) is 13.2 Å². The molecule has 1 aliphatic rings. The van der Waals surface area contributed by atoms with E-state index in [1.165, 1.54) is 14.2 Å². The predicted molar refractivity (Wildman–Crippen MR) is 74.6 cm³/mol. The van der Waals surface area contributed by atoms with Gasteiger partial charge in [0.25, 0.3) is 0 Å². The van der Waals surface area contributed by atoms with Crippen LogP contribution >= 0.6 is 0 Å². The molecular weight excluding hydrogens is 276 g/mol. The summed E-state index contributed by atoms with van der Waals surface area (Å²) in [6.45, 7) is 0.469. The van der Waals surface area contributed by atoms with Crippen molar-refractivity contribution in [1.29, 1.82) is 0 Å². The number of aliphatic hydroxyl groups excluding tert-OH is 2. The maximum atomic E-state index is 10.2. The maximum Gasteiger partial charge on any atom is 0.184 e. The molecule has 0 bridgehead atoms. The Balaban J connectivity index is 2.00. The molecule has 0 aromatic heterocycles. The summed E-state index contributed by atoms with van der Waals surface area (Å²) in [5.41, 5.74) is 0.966. The van der Waals surface area contributed by atoms with Crippen LogP contribution in [0.15, 0.2) is 30.3 Å². The highest BCUT2D eigenvalue weighted by Gasteiger charge is 2.45. The molecule has 2 rings (SSSR count). The summed E-state index contributed by atoms with van der Waals surface area (Å²) in [6.07, 6.45) is -4.20. The monoisotopic (exact) mass is 298 g/mol. The van der Waals surface area contributed by atoms with Crippen LogP contribution < -0.4 is 0 Å². The molecule has 1 fully saturated rings. The molecular formula is C15H22O6. The molecule has 0 saturated carbocycles. The Kier molecular flexibility index (Phi) is 6.10. The van der Waals surface area contributed by atoms with E-state index in [-0.39, 0.29) is 6.61 Å². The Bertz CT molecular complexity index is 412. The zero-order valence-electron chi connectivity index (χ0n) is 12.2. The Hall–Kier alpha value is -1.02. The summed E-state index contributed by atoms with van der Waals surface area (Å²) < 4.78 is 21.3. The molecule has 118 valence electrons. The smallest absolute Gasteiger partial charge is 0.184 e. The summed E-state index contributed by atoms with van der Waals surface area (Å²) in [5, 5.41) is 20.3. The van der Waals surface area contributed by atoms with Crippen molar-refractivity contribution < 1.29 is 29.2 Å². The molecule has 1 saturated heterocycles. The molecule has 2 N–H and O–H groups in total. The molecule has 1 aromatic rings. The zero-order valence-corrected chi connectivity index (χ0v) is 12.2. The van der Waals surface area contributed by atoms with E-state index in [0.717, 1.165) is 5.56 Å². The van der Waals surface area contributed by atoms with Crippen LogP contribution in [0.1, 0.15) is 5.56 Å². The zero-order chi connectivity index (χ0) is 15.2. The van der Waals surface area contributed by atoms with Gasteiger partial charge in [-0.2, -0.15) is 0 Å². The van der Waals surface area contributed by atoms with Crippen molar-refractivity contribution in [3.8, 4) is 0 Å². The molecule has 0 unspecified atom stereocenters. The van der Waals surface area contributed by atoms with Crippen molar-refractivity contribution in [3.05, 3.63) is 35.9 Å². The molecule has 6 heteroatoms. The Morgan fingerprint density at radius 3 is 2.43 bits per heavy atom. The number of ether oxygens (including phenoxy) is 4. The van der Waals surface area contributed by atoms with Crippen LogP contribution in [0, 0.1) is 0 Å². The summed E-state index contributed by atoms with van der Waals surface area (Å²) in [7, 11) is 2.97. The fourth-order valence-corrected chi connectivity index (χ4v) is 2.42. The fraction of sp³-hybridized carbons (Fsp3) is 0.600. The number of hydrogen-bond donors (Lipinski definition) is 2. The lowest BCUT2D eigenvalue weighted by atomic mass is 9.99. The first-order chi connectivity index (χ1) is 10.2. The Morgan fingerprint density at radius 1 is 1.10 bits per heavy atom. The van der Waals surface area contributed by atoms with Gasteiger partial charge in [0.15, 0.2) is 6.29 Å². The summed E-state index contributed by atoms with van der Waals surface area (Å²) in [6, 6.07) is 9.57. The van der Waals surface area contributed by atoms with Crippen molar-refractivity contribution in [1.82, 2.24) is 0 Å². The van der Waals surface area contributed by atoms with Crippen molar-refractivity contribution >= 4 is 0 Å². The van der Waals surface area contributed by atoms with Gasteiger partial charge in [-0.25, -0.2) is 0 Å². The second-order valence-corrected chi connectivity index (χ2v) is 4.97. The maximum absolute atomic E-state index is 10.2. The lowest BCUT2D eigenvalue weighted by Gasteiger charge is -2.41. The quantitative estimate of drug-likeness (QED) is 0.787. The van der Waals surface area contributed by atoms with E-state index in [0.29, 0.717) is 6.61 Å². The van der Waals surface area contributed by atoms with E-state index >= 15 is 0 Å². The molecule has 6 nitrogen and oxygen atoms in total. The van der Waals surface area contributed by atoms with Gasteiger partial charge >= 0.3 is 0 Å². The highest BCUT2D eigenvalue weighted by atomic mass is 16.7. The molecule has 1 aromatic carbocycles. The van der Waals surface area contributed by atoms with Crippen LogP contribution in [0.3, 0.4) is 0 Å². The molecule has 5 atom stereocenters. The van der Waals surface area contributed by atoms with Gasteiger partial charge in [0, 0.05) is 14.2 Å². The van der Waals surface area contributed by atoms with Gasteiger partial charge in [0.2, 0.25) is 0 Å². The Labute approximate surface area is 124 Å². The van der Waals surface area contributed by atoms with Crippen molar-refractivity contribution in [3.63, 3.8) is 0 Å². The third-order valence-electron chi connectivity index (χ3n) is 3.52. The molecule has 0 radical (unpaired) electrons. The number of methoxy groups -OCH3 is 2. The second-order valence-electron chi connectivity index (χ2n) is 4.97. The minimum Gasteiger partial charge on any atom is -0.387 e. The highest BCUT2D eigenvalue weighted by Crippen LogP contribution is 2.25. The van der Waals surface area contributed by atoms with E-state index in [9.17, 15) is 10.2 Å². The van der Waals surface area contributed by atoms with Gasteiger partial charge in [-0.05, 0) is 5.56 Å². The number of benzene rings is 1. The normalized spacial score (nSPS) is 33.0. The summed E-state index contributed by atoms with van der Waals surface area (Å²) in [5.74, 6) is 0. The predicted octanol–water partition coefficient (Wildman–Crippen LogP) is 0.311. The van der Waals surface area contributed by atoms with Crippen LogP contribution in [0.2, 0.25) is 0 Å². The van der Waals surface area contributed by atoms with Gasteiger partial charge in [-0.1, -0.05) is 30.3 Å². The number of rotatable bonds is 6. The first-order valence-corrected chi connectivity index (χ1v) is 6.86. The average Bonchev–Trinajstić information content (AvgIpc) is 2.50. The molecule has 1 aliphatic heterocycles. The lowest BCUT2D eigenvalue weighted by molar-refractivity contribution is -0.303. The largest absolute Gasteiger partial charge is 0.387 e. The SMILES string of the molecule is COC[C@H]1O[C@H](O)[C@H](OCc2ccccc2)[C@@H](OC)[C@@H]1O. The summed E-state index contributed by atoms with van der Waals surface area (Å²) in [4.78, 5) is 0. The van der Waals surface area contributed by atoms with Crippen LogP contribution in [0.25, 0.3) is 0 Å². The van der Waals surface area contributed by atoms with E-state index in [1.807, 2.05) is 30.3 Å².